The van der Waals surface area contributed by atoms with Gasteiger partial charge in [-0.1, -0.05) is 0 Å². The van der Waals surface area contributed by atoms with Gasteiger partial charge in [0.1, 0.15) is 0 Å². The molecule has 1 aromatic rings. The summed E-state index contributed by atoms with van der Waals surface area (Å²) in [5.41, 5.74) is 0. The first-order valence-corrected chi connectivity index (χ1v) is 4.40. The third-order valence-electron chi connectivity index (χ3n) is 2.85. The SMILES string of the molecule is c1nnn(C2CC3CC(C2)N3)n1. The molecule has 5 heteroatoms. The molecule has 1 saturated carbocycles. The van der Waals surface area contributed by atoms with E-state index in [1.807, 2.05) is 0 Å². The molecule has 64 valence electrons. The van der Waals surface area contributed by atoms with Crippen molar-refractivity contribution in [2.45, 2.75) is 37.4 Å². The molecular weight excluding hydrogens is 154 g/mol. The van der Waals surface area contributed by atoms with E-state index in [9.17, 15) is 0 Å². The minimum absolute atomic E-state index is 0.484. The molecule has 2 saturated heterocycles. The highest BCUT2D eigenvalue weighted by Crippen LogP contribution is 2.34. The number of piperidine rings is 1. The molecule has 2 aliphatic heterocycles. The largest absolute Gasteiger partial charge is 0.311 e. The van der Waals surface area contributed by atoms with Crippen LogP contribution >= 0.6 is 0 Å². The predicted molar refractivity (Wildman–Crippen MR) is 41.4 cm³/mol. The quantitative estimate of drug-likeness (QED) is 0.623. The molecule has 0 spiro atoms. The Kier molecular flexibility index (Phi) is 1.23. The molecule has 1 aliphatic carbocycles. The van der Waals surface area contributed by atoms with Crippen molar-refractivity contribution in [3.8, 4) is 0 Å². The highest BCUT2D eigenvalue weighted by Gasteiger charge is 2.38. The second-order valence-corrected chi connectivity index (χ2v) is 3.68. The van der Waals surface area contributed by atoms with Crippen LogP contribution in [0.3, 0.4) is 0 Å². The van der Waals surface area contributed by atoms with E-state index in [1.165, 1.54) is 12.7 Å². The van der Waals surface area contributed by atoms with Crippen molar-refractivity contribution in [1.82, 2.24) is 25.5 Å². The van der Waals surface area contributed by atoms with Crippen molar-refractivity contribution in [2.24, 2.45) is 0 Å². The first-order chi connectivity index (χ1) is 5.92. The monoisotopic (exact) mass is 165 g/mol. The number of tetrazole rings is 1. The van der Waals surface area contributed by atoms with E-state index < -0.39 is 0 Å². The van der Waals surface area contributed by atoms with Crippen molar-refractivity contribution in [1.29, 1.82) is 0 Å². The van der Waals surface area contributed by atoms with E-state index in [0.29, 0.717) is 18.1 Å². The van der Waals surface area contributed by atoms with Crippen LogP contribution in [0.5, 0.6) is 0 Å². The highest BCUT2D eigenvalue weighted by molar-refractivity contribution is 4.97. The van der Waals surface area contributed by atoms with E-state index in [0.717, 1.165) is 12.8 Å². The standard InChI is InChI=1S/C7H11N5/c1-5-2-7(3-6(1)10-5)12-9-4-8-11-12/h4-7,10H,1-3H2. The predicted octanol–water partition coefficient (Wildman–Crippen LogP) is -0.262. The fraction of sp³-hybridized carbons (Fsp3) is 0.857. The number of aromatic nitrogens is 4. The van der Waals surface area contributed by atoms with E-state index in [-0.39, 0.29) is 0 Å². The second-order valence-electron chi connectivity index (χ2n) is 3.68. The Balaban J connectivity index is 1.78. The minimum atomic E-state index is 0.484. The van der Waals surface area contributed by atoms with Crippen LogP contribution in [0.15, 0.2) is 6.33 Å². The smallest absolute Gasteiger partial charge is 0.162 e. The van der Waals surface area contributed by atoms with Gasteiger partial charge in [-0.15, -0.1) is 10.2 Å². The molecular formula is C7H11N5. The molecule has 2 atom stereocenters. The molecule has 2 unspecified atom stereocenters. The lowest BCUT2D eigenvalue weighted by molar-refractivity contribution is 0.117. The molecule has 3 fully saturated rings. The van der Waals surface area contributed by atoms with Gasteiger partial charge in [-0.05, 0) is 24.5 Å². The average molecular weight is 165 g/mol. The Morgan fingerprint density at radius 3 is 2.58 bits per heavy atom. The molecule has 2 bridgehead atoms. The third kappa shape index (κ3) is 0.859. The van der Waals surface area contributed by atoms with Gasteiger partial charge in [-0.3, -0.25) is 0 Å². The first kappa shape index (κ1) is 6.54. The second kappa shape index (κ2) is 2.26. The van der Waals surface area contributed by atoms with Crippen LogP contribution < -0.4 is 5.32 Å². The molecule has 12 heavy (non-hydrogen) atoms. The van der Waals surface area contributed by atoms with Crippen molar-refractivity contribution in [2.75, 3.05) is 0 Å². The summed E-state index contributed by atoms with van der Waals surface area (Å²) in [6.45, 7) is 0. The number of fused-ring (bicyclic) bond motifs is 2. The molecule has 3 heterocycles. The molecule has 1 aromatic heterocycles. The normalized spacial score (nSPS) is 39.2. The summed E-state index contributed by atoms with van der Waals surface area (Å²) in [7, 11) is 0. The fourth-order valence-electron chi connectivity index (χ4n) is 2.26. The summed E-state index contributed by atoms with van der Waals surface area (Å²) in [5, 5.41) is 15.2. The van der Waals surface area contributed by atoms with Gasteiger partial charge in [-0.25, -0.2) is 0 Å². The summed E-state index contributed by atoms with van der Waals surface area (Å²) < 4.78 is 0. The molecule has 4 rings (SSSR count). The van der Waals surface area contributed by atoms with E-state index >= 15 is 0 Å². The van der Waals surface area contributed by atoms with Crippen molar-refractivity contribution in [3.63, 3.8) is 0 Å². The Morgan fingerprint density at radius 2 is 2.00 bits per heavy atom. The van der Waals surface area contributed by atoms with E-state index in [4.69, 9.17) is 0 Å². The first-order valence-electron chi connectivity index (χ1n) is 4.40. The maximum absolute atomic E-state index is 4.06. The lowest BCUT2D eigenvalue weighted by Gasteiger charge is -2.45. The topological polar surface area (TPSA) is 55.6 Å². The minimum Gasteiger partial charge on any atom is -0.311 e. The van der Waals surface area contributed by atoms with Crippen LogP contribution in [-0.4, -0.2) is 32.3 Å². The van der Waals surface area contributed by atoms with Crippen LogP contribution in [-0.2, 0) is 0 Å². The van der Waals surface area contributed by atoms with Gasteiger partial charge < -0.3 is 5.32 Å². The summed E-state index contributed by atoms with van der Waals surface area (Å²) in [6.07, 6.45) is 5.17. The third-order valence-corrected chi connectivity index (χ3v) is 2.85. The zero-order valence-corrected chi connectivity index (χ0v) is 6.72. The van der Waals surface area contributed by atoms with E-state index in [2.05, 4.69) is 20.7 Å². The van der Waals surface area contributed by atoms with Gasteiger partial charge in [0.05, 0.1) is 6.04 Å². The zero-order chi connectivity index (χ0) is 7.97. The van der Waals surface area contributed by atoms with Crippen molar-refractivity contribution < 1.29 is 0 Å². The molecule has 0 aromatic carbocycles. The molecule has 3 aliphatic rings. The zero-order valence-electron chi connectivity index (χ0n) is 6.72. The lowest BCUT2D eigenvalue weighted by Crippen LogP contribution is -2.58. The number of hydrogen-bond donors (Lipinski definition) is 1. The number of hydrogen-bond acceptors (Lipinski definition) is 4. The summed E-state index contributed by atoms with van der Waals surface area (Å²) in [4.78, 5) is 1.75. The fourth-order valence-corrected chi connectivity index (χ4v) is 2.26. The van der Waals surface area contributed by atoms with Gasteiger partial charge in [0, 0.05) is 12.1 Å². The Morgan fingerprint density at radius 1 is 1.25 bits per heavy atom. The molecule has 1 N–H and O–H groups in total. The van der Waals surface area contributed by atoms with Gasteiger partial charge in [0.15, 0.2) is 6.33 Å². The van der Waals surface area contributed by atoms with Gasteiger partial charge in [0.25, 0.3) is 0 Å². The Bertz CT molecular complexity index is 253. The molecule has 5 nitrogen and oxygen atoms in total. The molecule has 0 radical (unpaired) electrons. The number of rotatable bonds is 1. The van der Waals surface area contributed by atoms with E-state index in [1.54, 1.807) is 4.80 Å². The Labute approximate surface area is 70.1 Å². The van der Waals surface area contributed by atoms with Crippen molar-refractivity contribution in [3.05, 3.63) is 6.33 Å². The van der Waals surface area contributed by atoms with Crippen LogP contribution in [0.2, 0.25) is 0 Å². The highest BCUT2D eigenvalue weighted by atomic mass is 15.6. The average Bonchev–Trinajstić information content (AvgIpc) is 2.55. The number of nitrogens with one attached hydrogen (secondary N) is 1. The summed E-state index contributed by atoms with van der Waals surface area (Å²) in [6, 6.07) is 1.90. The number of nitrogens with zero attached hydrogens (tertiary/aromatic N) is 4. The van der Waals surface area contributed by atoms with Crippen LogP contribution in [0.25, 0.3) is 0 Å². The maximum Gasteiger partial charge on any atom is 0.162 e. The lowest BCUT2D eigenvalue weighted by atomic mass is 9.80. The van der Waals surface area contributed by atoms with Gasteiger partial charge >= 0.3 is 0 Å². The van der Waals surface area contributed by atoms with Crippen LogP contribution in [0.4, 0.5) is 0 Å². The summed E-state index contributed by atoms with van der Waals surface area (Å²) in [5.74, 6) is 0. The van der Waals surface area contributed by atoms with Gasteiger partial charge in [-0.2, -0.15) is 4.80 Å². The van der Waals surface area contributed by atoms with Gasteiger partial charge in [0.2, 0.25) is 0 Å². The van der Waals surface area contributed by atoms with Crippen molar-refractivity contribution >= 4 is 0 Å². The Hall–Kier alpha value is -0.970. The van der Waals surface area contributed by atoms with Crippen LogP contribution in [0.1, 0.15) is 25.3 Å². The van der Waals surface area contributed by atoms with Crippen LogP contribution in [0, 0.1) is 0 Å². The summed E-state index contributed by atoms with van der Waals surface area (Å²) >= 11 is 0. The molecule has 0 amide bonds. The maximum atomic E-state index is 4.06.